The molecule has 0 radical (unpaired) electrons. The fourth-order valence-corrected chi connectivity index (χ4v) is 4.45. The molecule has 0 saturated heterocycles. The van der Waals surface area contributed by atoms with Gasteiger partial charge in [0.1, 0.15) is 11.3 Å². The quantitative estimate of drug-likeness (QED) is 0.110. The Morgan fingerprint density at radius 2 is 1.60 bits per heavy atom. The van der Waals surface area contributed by atoms with Crippen molar-refractivity contribution >= 4 is 80.3 Å². The topological polar surface area (TPSA) is 171 Å². The van der Waals surface area contributed by atoms with Gasteiger partial charge in [-0.1, -0.05) is 46.4 Å². The number of fused-ring (bicyclic) bond motifs is 1. The van der Waals surface area contributed by atoms with Gasteiger partial charge in [-0.2, -0.15) is 0 Å². The molecule has 15 heteroatoms. The van der Waals surface area contributed by atoms with Gasteiger partial charge in [0, 0.05) is 27.9 Å². The van der Waals surface area contributed by atoms with Crippen molar-refractivity contribution in [3.05, 3.63) is 129 Å². The van der Waals surface area contributed by atoms with Crippen LogP contribution in [0.5, 0.6) is 5.75 Å². The molecule has 4 aromatic carbocycles. The number of carbonyl (C=O) groups is 1. The van der Waals surface area contributed by atoms with Gasteiger partial charge in [-0.15, -0.1) is 0 Å². The van der Waals surface area contributed by atoms with Crippen molar-refractivity contribution in [2.75, 3.05) is 11.1 Å². The van der Waals surface area contributed by atoms with Gasteiger partial charge in [-0.25, -0.2) is 9.36 Å². The van der Waals surface area contributed by atoms with E-state index in [-0.39, 0.29) is 38.7 Å². The maximum Gasteiger partial charge on any atom is 0.427 e. The van der Waals surface area contributed by atoms with Crippen molar-refractivity contribution < 1.29 is 19.2 Å². The Morgan fingerprint density at radius 3 is 2.26 bits per heavy atom. The third-order valence-corrected chi connectivity index (χ3v) is 6.67. The lowest BCUT2D eigenvalue weighted by Crippen LogP contribution is -2.31. The summed E-state index contributed by atoms with van der Waals surface area (Å²) in [5.41, 5.74) is 5.64. The van der Waals surface area contributed by atoms with Gasteiger partial charge in [0.15, 0.2) is 0 Å². The summed E-state index contributed by atoms with van der Waals surface area (Å²) in [5.74, 6) is -1.62. The smallest absolute Gasteiger partial charge is 0.427 e. The van der Waals surface area contributed by atoms with E-state index in [1.165, 1.54) is 48.5 Å². The second-order valence-corrected chi connectivity index (χ2v) is 10.1. The van der Waals surface area contributed by atoms with Gasteiger partial charge in [0.25, 0.3) is 17.2 Å². The molecule has 214 valence electrons. The summed E-state index contributed by atoms with van der Waals surface area (Å²) < 4.78 is 5.77. The molecule has 11 nitrogen and oxygen atoms in total. The number of nitro benzene ring substituents is 1. The fraction of sp³-hybridized carbons (Fsp3) is 0. The predicted molar refractivity (Wildman–Crippen MR) is 162 cm³/mol. The highest BCUT2D eigenvalue weighted by Crippen LogP contribution is 2.27. The Kier molecular flexibility index (Phi) is 9.08. The molecular formula is C27H16Cl4N4O7. The molecule has 1 aromatic heterocycles. The standard InChI is InChI=1S/C14H6Cl2N2O5.C13H10Cl2N2O2/c15-7-1-4-12-9(5-7)13(19)17(14(20)23-12)11-3-2-8(18(21)22)6-10(11)16;14-7-1-4-12(18)9(5-7)13(19)17-11-3-2-8(16)6-10(11)15/h1-6H;1-6,18H,16H2,(H,17,19). The van der Waals surface area contributed by atoms with E-state index in [0.29, 0.717) is 31.0 Å². The van der Waals surface area contributed by atoms with E-state index in [4.69, 9.17) is 56.6 Å². The van der Waals surface area contributed by atoms with Crippen molar-refractivity contribution in [3.63, 3.8) is 0 Å². The number of nitro groups is 1. The zero-order valence-electron chi connectivity index (χ0n) is 20.8. The maximum atomic E-state index is 12.5. The number of nitrogens with zero attached hydrogens (tertiary/aromatic N) is 2. The summed E-state index contributed by atoms with van der Waals surface area (Å²) in [5, 5.41) is 23.9. The number of nitrogens with two attached hydrogens (primary N) is 1. The van der Waals surface area contributed by atoms with Gasteiger partial charge in [0.05, 0.1) is 37.3 Å². The van der Waals surface area contributed by atoms with Crippen LogP contribution in [0.2, 0.25) is 20.1 Å². The van der Waals surface area contributed by atoms with E-state index in [1.807, 2.05) is 0 Å². The average molecular weight is 650 g/mol. The zero-order valence-corrected chi connectivity index (χ0v) is 23.8. The van der Waals surface area contributed by atoms with Crippen LogP contribution in [-0.4, -0.2) is 20.5 Å². The summed E-state index contributed by atoms with van der Waals surface area (Å²) in [6, 6.07) is 16.6. The number of phenols is 1. The van der Waals surface area contributed by atoms with Gasteiger partial charge >= 0.3 is 5.76 Å². The van der Waals surface area contributed by atoms with Crippen molar-refractivity contribution in [2.24, 2.45) is 0 Å². The number of phenolic OH excluding ortho intramolecular Hbond substituents is 1. The molecule has 0 saturated carbocycles. The van der Waals surface area contributed by atoms with Crippen LogP contribution in [0.15, 0.2) is 86.8 Å². The summed E-state index contributed by atoms with van der Waals surface area (Å²) in [7, 11) is 0. The van der Waals surface area contributed by atoms with Gasteiger partial charge < -0.3 is 20.6 Å². The molecule has 0 aliphatic heterocycles. The molecule has 42 heavy (non-hydrogen) atoms. The number of halogens is 4. The number of benzene rings is 4. The molecule has 0 bridgehead atoms. The number of aromatic nitrogens is 1. The molecule has 0 aliphatic carbocycles. The Morgan fingerprint density at radius 1 is 0.905 bits per heavy atom. The minimum Gasteiger partial charge on any atom is -0.507 e. The van der Waals surface area contributed by atoms with E-state index in [9.17, 15) is 29.6 Å². The van der Waals surface area contributed by atoms with Crippen molar-refractivity contribution in [1.82, 2.24) is 4.57 Å². The minimum absolute atomic E-state index is 0.0158. The highest BCUT2D eigenvalue weighted by atomic mass is 35.5. The summed E-state index contributed by atoms with van der Waals surface area (Å²) in [4.78, 5) is 46.7. The first kappa shape index (κ1) is 30.4. The second-order valence-electron chi connectivity index (χ2n) is 8.40. The normalized spacial score (nSPS) is 10.6. The van der Waals surface area contributed by atoms with Crippen LogP contribution in [0.25, 0.3) is 16.7 Å². The minimum atomic E-state index is -0.958. The molecule has 1 amide bonds. The van der Waals surface area contributed by atoms with Gasteiger partial charge in [0.2, 0.25) is 0 Å². The Balaban J connectivity index is 0.000000197. The van der Waals surface area contributed by atoms with Gasteiger partial charge in [-0.05, 0) is 60.7 Å². The molecule has 0 fully saturated rings. The van der Waals surface area contributed by atoms with E-state index >= 15 is 0 Å². The Bertz CT molecular complexity index is 1990. The van der Waals surface area contributed by atoms with Crippen molar-refractivity contribution in [3.8, 4) is 11.4 Å². The molecule has 4 N–H and O–H groups in total. The second kappa shape index (κ2) is 12.5. The van der Waals surface area contributed by atoms with Crippen molar-refractivity contribution in [2.45, 2.75) is 0 Å². The number of carbonyl (C=O) groups excluding carboxylic acids is 1. The number of nitrogen functional groups attached to an aromatic ring is 1. The Hall–Kier alpha value is -4.55. The van der Waals surface area contributed by atoms with Crippen LogP contribution in [0.3, 0.4) is 0 Å². The molecular weight excluding hydrogens is 634 g/mol. The summed E-state index contributed by atoms with van der Waals surface area (Å²) in [6.45, 7) is 0. The molecule has 5 aromatic rings. The van der Waals surface area contributed by atoms with Crippen LogP contribution in [-0.2, 0) is 0 Å². The molecule has 1 heterocycles. The fourth-order valence-electron chi connectivity index (χ4n) is 3.61. The number of hydrogen-bond donors (Lipinski definition) is 3. The first-order valence-corrected chi connectivity index (χ1v) is 13.0. The lowest BCUT2D eigenvalue weighted by atomic mass is 10.2. The van der Waals surface area contributed by atoms with Crippen LogP contribution in [0.1, 0.15) is 10.4 Å². The van der Waals surface area contributed by atoms with Gasteiger partial charge in [-0.3, -0.25) is 19.7 Å². The van der Waals surface area contributed by atoms with E-state index in [2.05, 4.69) is 5.32 Å². The number of amides is 1. The highest BCUT2D eigenvalue weighted by Gasteiger charge is 2.17. The van der Waals surface area contributed by atoms with E-state index in [0.717, 1.165) is 12.1 Å². The van der Waals surface area contributed by atoms with Crippen molar-refractivity contribution in [1.29, 1.82) is 0 Å². The zero-order chi connectivity index (χ0) is 30.7. The summed E-state index contributed by atoms with van der Waals surface area (Å²) >= 11 is 23.5. The number of hydrogen-bond acceptors (Lipinski definition) is 8. The van der Waals surface area contributed by atoms with Crippen LogP contribution < -0.4 is 22.4 Å². The number of aromatic hydroxyl groups is 1. The maximum absolute atomic E-state index is 12.5. The van der Waals surface area contributed by atoms with Crippen LogP contribution >= 0.6 is 46.4 Å². The third-order valence-electron chi connectivity index (χ3n) is 5.58. The largest absolute Gasteiger partial charge is 0.507 e. The van der Waals surface area contributed by atoms with E-state index < -0.39 is 22.1 Å². The molecule has 0 atom stereocenters. The molecule has 5 rings (SSSR count). The predicted octanol–water partition coefficient (Wildman–Crippen LogP) is 6.69. The number of nitrogens with one attached hydrogen (secondary N) is 1. The number of non-ortho nitro benzene ring substituents is 1. The lowest BCUT2D eigenvalue weighted by Gasteiger charge is -2.09. The lowest BCUT2D eigenvalue weighted by molar-refractivity contribution is -0.384. The van der Waals surface area contributed by atoms with Crippen LogP contribution in [0, 0.1) is 10.1 Å². The number of anilines is 2. The molecule has 0 unspecified atom stereocenters. The Labute approximate surface area is 255 Å². The summed E-state index contributed by atoms with van der Waals surface area (Å²) in [6.07, 6.45) is 0. The average Bonchev–Trinajstić information content (AvgIpc) is 2.93. The first-order valence-electron chi connectivity index (χ1n) is 11.5. The SMILES string of the molecule is Nc1ccc(NC(=O)c2cc(Cl)ccc2O)c(Cl)c1.O=c1oc2ccc(Cl)cc2c(=O)n1-c1ccc([N+](=O)[O-])cc1Cl. The highest BCUT2D eigenvalue weighted by molar-refractivity contribution is 6.34. The van der Waals surface area contributed by atoms with Crippen LogP contribution in [0.4, 0.5) is 17.1 Å². The third kappa shape index (κ3) is 6.67. The monoisotopic (exact) mass is 648 g/mol. The van der Waals surface area contributed by atoms with E-state index in [1.54, 1.807) is 12.1 Å². The molecule has 0 aliphatic rings. The number of rotatable bonds is 4. The molecule has 0 spiro atoms. The first-order chi connectivity index (χ1) is 19.8.